The van der Waals surface area contributed by atoms with Crippen molar-refractivity contribution in [1.29, 1.82) is 0 Å². The molecular weight excluding hydrogens is 324 g/mol. The maximum atomic E-state index is 12.5. The highest BCUT2D eigenvalue weighted by Crippen LogP contribution is 2.31. The van der Waals surface area contributed by atoms with Gasteiger partial charge in [-0.1, -0.05) is 51.9 Å². The van der Waals surface area contributed by atoms with Crippen LogP contribution in [0.4, 0.5) is 0 Å². The highest BCUT2D eigenvalue weighted by atomic mass is 16.6. The van der Waals surface area contributed by atoms with Gasteiger partial charge < -0.3 is 14.2 Å². The average Bonchev–Trinajstić information content (AvgIpc) is 2.58. The molecule has 0 rings (SSSR count). The number of carbonyl (C=O) groups excluding carboxylic acids is 3. The molecule has 0 atom stereocenters. The van der Waals surface area contributed by atoms with Crippen molar-refractivity contribution in [2.24, 2.45) is 5.41 Å². The van der Waals surface area contributed by atoms with Gasteiger partial charge in [0.05, 0.1) is 19.8 Å². The fourth-order valence-corrected chi connectivity index (χ4v) is 2.67. The molecule has 0 aromatic heterocycles. The van der Waals surface area contributed by atoms with E-state index < -0.39 is 23.3 Å². The van der Waals surface area contributed by atoms with Crippen LogP contribution in [0, 0.1) is 5.41 Å². The summed E-state index contributed by atoms with van der Waals surface area (Å²) in [6, 6.07) is 0. The monoisotopic (exact) mass is 358 g/mol. The van der Waals surface area contributed by atoms with E-state index in [1.165, 1.54) is 19.3 Å². The van der Waals surface area contributed by atoms with E-state index in [9.17, 15) is 14.4 Å². The van der Waals surface area contributed by atoms with Crippen LogP contribution >= 0.6 is 0 Å². The minimum Gasteiger partial charge on any atom is -0.465 e. The van der Waals surface area contributed by atoms with E-state index in [-0.39, 0.29) is 26.2 Å². The van der Waals surface area contributed by atoms with Crippen LogP contribution < -0.4 is 0 Å². The molecular formula is C19H34O6. The van der Waals surface area contributed by atoms with Crippen molar-refractivity contribution in [3.8, 4) is 0 Å². The number of hydrogen-bond donors (Lipinski definition) is 0. The van der Waals surface area contributed by atoms with Gasteiger partial charge in [0.15, 0.2) is 0 Å². The molecule has 146 valence electrons. The lowest BCUT2D eigenvalue weighted by atomic mass is 9.82. The summed E-state index contributed by atoms with van der Waals surface area (Å²) >= 11 is 0. The molecule has 0 saturated carbocycles. The van der Waals surface area contributed by atoms with Gasteiger partial charge in [0.1, 0.15) is 0 Å². The molecule has 0 N–H and O–H groups in total. The van der Waals surface area contributed by atoms with E-state index in [1.54, 1.807) is 20.8 Å². The zero-order valence-corrected chi connectivity index (χ0v) is 16.2. The fourth-order valence-electron chi connectivity index (χ4n) is 2.67. The van der Waals surface area contributed by atoms with E-state index >= 15 is 0 Å². The summed E-state index contributed by atoms with van der Waals surface area (Å²) in [6.45, 7) is 7.29. The van der Waals surface area contributed by atoms with Gasteiger partial charge in [-0.3, -0.25) is 14.4 Å². The van der Waals surface area contributed by atoms with Crippen molar-refractivity contribution in [3.05, 3.63) is 0 Å². The largest absolute Gasteiger partial charge is 0.465 e. The standard InChI is InChI=1S/C19H34O6/c1-5-9-10-11-12-13-14-15-19(16(20)23-6-2,17(21)24-7-3)18(22)25-8-4/h5-15H2,1-4H3. The van der Waals surface area contributed by atoms with Crippen LogP contribution in [-0.4, -0.2) is 37.7 Å². The summed E-state index contributed by atoms with van der Waals surface area (Å²) in [6.07, 6.45) is 7.12. The first kappa shape index (κ1) is 23.4. The van der Waals surface area contributed by atoms with Crippen LogP contribution in [0.5, 0.6) is 0 Å². The molecule has 0 radical (unpaired) electrons. The predicted octanol–water partition coefficient (Wildman–Crippen LogP) is 3.80. The fraction of sp³-hybridized carbons (Fsp3) is 0.842. The van der Waals surface area contributed by atoms with E-state index in [0.29, 0.717) is 6.42 Å². The quantitative estimate of drug-likeness (QED) is 0.203. The molecule has 6 nitrogen and oxygen atoms in total. The van der Waals surface area contributed by atoms with Gasteiger partial charge >= 0.3 is 17.9 Å². The topological polar surface area (TPSA) is 78.9 Å². The number of rotatable bonds is 14. The Kier molecular flexibility index (Phi) is 12.8. The highest BCUT2D eigenvalue weighted by molar-refractivity contribution is 6.17. The first-order chi connectivity index (χ1) is 12.0. The Morgan fingerprint density at radius 3 is 1.32 bits per heavy atom. The molecule has 0 aliphatic heterocycles. The Balaban J connectivity index is 5.08. The van der Waals surface area contributed by atoms with Gasteiger partial charge in [0.25, 0.3) is 5.41 Å². The number of ether oxygens (including phenoxy) is 3. The molecule has 0 bridgehead atoms. The molecule has 25 heavy (non-hydrogen) atoms. The minimum absolute atomic E-state index is 0.0529. The average molecular weight is 358 g/mol. The second-order valence-electron chi connectivity index (χ2n) is 5.94. The third-order valence-corrected chi connectivity index (χ3v) is 4.03. The lowest BCUT2D eigenvalue weighted by Crippen LogP contribution is -2.49. The number of hydrogen-bond acceptors (Lipinski definition) is 6. The normalized spacial score (nSPS) is 11.0. The van der Waals surface area contributed by atoms with Crippen molar-refractivity contribution in [3.63, 3.8) is 0 Å². The number of unbranched alkanes of at least 4 members (excludes halogenated alkanes) is 6. The third kappa shape index (κ3) is 7.45. The van der Waals surface area contributed by atoms with Crippen molar-refractivity contribution in [2.75, 3.05) is 19.8 Å². The van der Waals surface area contributed by atoms with E-state index in [1.807, 2.05) is 0 Å². The SMILES string of the molecule is CCCCCCCCCC(C(=O)OCC)(C(=O)OCC)C(=O)OCC. The highest BCUT2D eigenvalue weighted by Gasteiger charge is 2.56. The maximum absolute atomic E-state index is 12.5. The van der Waals surface area contributed by atoms with Crippen LogP contribution in [0.2, 0.25) is 0 Å². The lowest BCUT2D eigenvalue weighted by molar-refractivity contribution is -0.184. The minimum atomic E-state index is -2.01. The van der Waals surface area contributed by atoms with Gasteiger partial charge in [-0.2, -0.15) is 0 Å². The first-order valence-corrected chi connectivity index (χ1v) is 9.52. The Morgan fingerprint density at radius 2 is 0.960 bits per heavy atom. The molecule has 0 aliphatic carbocycles. The summed E-state index contributed by atoms with van der Waals surface area (Å²) in [4.78, 5) is 37.4. The second-order valence-corrected chi connectivity index (χ2v) is 5.94. The van der Waals surface area contributed by atoms with Crippen LogP contribution in [0.25, 0.3) is 0 Å². The number of esters is 3. The molecule has 0 aromatic carbocycles. The van der Waals surface area contributed by atoms with E-state index in [4.69, 9.17) is 14.2 Å². The molecule has 0 aliphatic rings. The number of carbonyl (C=O) groups is 3. The second kappa shape index (κ2) is 13.7. The van der Waals surface area contributed by atoms with Crippen LogP contribution in [0.3, 0.4) is 0 Å². The molecule has 0 spiro atoms. The van der Waals surface area contributed by atoms with Gasteiger partial charge in [0.2, 0.25) is 0 Å². The summed E-state index contributed by atoms with van der Waals surface area (Å²) < 4.78 is 15.0. The van der Waals surface area contributed by atoms with Gasteiger partial charge in [0, 0.05) is 0 Å². The van der Waals surface area contributed by atoms with Gasteiger partial charge in [-0.05, 0) is 27.2 Å². The summed E-state index contributed by atoms with van der Waals surface area (Å²) in [7, 11) is 0. The molecule has 0 aromatic rings. The van der Waals surface area contributed by atoms with Crippen molar-refractivity contribution in [2.45, 2.75) is 79.1 Å². The van der Waals surface area contributed by atoms with Crippen molar-refractivity contribution in [1.82, 2.24) is 0 Å². The molecule has 0 fully saturated rings. The van der Waals surface area contributed by atoms with Gasteiger partial charge in [-0.25, -0.2) is 0 Å². The third-order valence-electron chi connectivity index (χ3n) is 4.03. The Bertz CT molecular complexity index is 359. The molecule has 6 heteroatoms. The predicted molar refractivity (Wildman–Crippen MR) is 94.9 cm³/mol. The Morgan fingerprint density at radius 1 is 0.600 bits per heavy atom. The van der Waals surface area contributed by atoms with Crippen molar-refractivity contribution >= 4 is 17.9 Å². The van der Waals surface area contributed by atoms with Crippen LogP contribution in [0.1, 0.15) is 79.1 Å². The summed E-state index contributed by atoms with van der Waals surface area (Å²) in [5, 5.41) is 0. The maximum Gasteiger partial charge on any atom is 0.335 e. The van der Waals surface area contributed by atoms with E-state index in [0.717, 1.165) is 19.3 Å². The smallest absolute Gasteiger partial charge is 0.335 e. The molecule has 0 unspecified atom stereocenters. The Hall–Kier alpha value is -1.59. The Labute approximate surface area is 151 Å². The van der Waals surface area contributed by atoms with Gasteiger partial charge in [-0.15, -0.1) is 0 Å². The van der Waals surface area contributed by atoms with Crippen LogP contribution in [-0.2, 0) is 28.6 Å². The summed E-state index contributed by atoms with van der Waals surface area (Å²) in [5.74, 6) is -2.63. The zero-order chi connectivity index (χ0) is 19.1. The lowest BCUT2D eigenvalue weighted by Gasteiger charge is -2.27. The first-order valence-electron chi connectivity index (χ1n) is 9.52. The zero-order valence-electron chi connectivity index (χ0n) is 16.2. The molecule has 0 saturated heterocycles. The van der Waals surface area contributed by atoms with E-state index in [2.05, 4.69) is 6.92 Å². The summed E-state index contributed by atoms with van der Waals surface area (Å²) in [5.41, 5.74) is -2.01. The molecule has 0 heterocycles. The molecule has 0 amide bonds. The van der Waals surface area contributed by atoms with Crippen molar-refractivity contribution < 1.29 is 28.6 Å². The van der Waals surface area contributed by atoms with Crippen LogP contribution in [0.15, 0.2) is 0 Å².